The number of aromatic nitrogens is 2. The lowest BCUT2D eigenvalue weighted by Gasteiger charge is -2.26. The minimum Gasteiger partial charge on any atom is -0.386 e. The highest BCUT2D eigenvalue weighted by Crippen LogP contribution is 2.66. The van der Waals surface area contributed by atoms with Crippen molar-refractivity contribution in [3.05, 3.63) is 33.1 Å². The standard InChI is InChI=1S/C11H15N2O15P3/c1-2-11(17)8(15)6(26-9(11)13-4-3-7(14)12-10(13)16)5-25-30(21,22)28-31(23,24)27-29(18,19)20/h1,3-4,6,8-9,15,17H,5H2,(H,21,22)(H,23,24)(H,12,14,16)(H2,18,19,20)/t6-,8+,9-,11+/m1/s1. The number of aliphatic hydroxyl groups excluding tert-OH is 1. The van der Waals surface area contributed by atoms with E-state index in [9.17, 15) is 38.4 Å². The molecule has 0 saturated carbocycles. The molecule has 1 fully saturated rings. The quantitative estimate of drug-likeness (QED) is 0.141. The predicted molar refractivity (Wildman–Crippen MR) is 94.8 cm³/mol. The second-order valence-corrected chi connectivity index (χ2v) is 10.3. The number of phosphoric ester groups is 1. The lowest BCUT2D eigenvalue weighted by atomic mass is 9.95. The van der Waals surface area contributed by atoms with Crippen molar-refractivity contribution in [1.82, 2.24) is 9.55 Å². The minimum atomic E-state index is -5.78. The van der Waals surface area contributed by atoms with Crippen LogP contribution < -0.4 is 11.2 Å². The SMILES string of the molecule is C#C[C@]1(O)[C@@H](O)[C@@H](COP(=O)(O)OP(=O)(O)OP(=O)(O)O)O[C@H]1n1ccc(=O)[nH]c1=O. The Hall–Kier alpha value is -1.47. The topological polar surface area (TPSA) is 264 Å². The number of aliphatic hydroxyl groups is 2. The largest absolute Gasteiger partial charge is 0.490 e. The number of nitrogens with zero attached hydrogens (tertiary/aromatic N) is 1. The molecule has 0 spiro atoms. The monoisotopic (exact) mass is 508 g/mol. The number of phosphoric acid groups is 3. The van der Waals surface area contributed by atoms with Crippen LogP contribution in [0.3, 0.4) is 0 Å². The first kappa shape index (κ1) is 25.8. The number of nitrogens with one attached hydrogen (secondary N) is 1. The van der Waals surface area contributed by atoms with Gasteiger partial charge in [-0.05, 0) is 0 Å². The molecule has 0 amide bonds. The van der Waals surface area contributed by atoms with Gasteiger partial charge in [0.15, 0.2) is 11.8 Å². The van der Waals surface area contributed by atoms with Crippen molar-refractivity contribution in [3.8, 4) is 12.3 Å². The molecule has 31 heavy (non-hydrogen) atoms. The van der Waals surface area contributed by atoms with Crippen molar-refractivity contribution in [2.45, 2.75) is 24.0 Å². The number of ether oxygens (including phenoxy) is 1. The first-order valence-corrected chi connectivity index (χ1v) is 12.2. The Balaban J connectivity index is 2.19. The maximum absolute atomic E-state index is 11.9. The van der Waals surface area contributed by atoms with Gasteiger partial charge >= 0.3 is 29.2 Å². The fraction of sp³-hybridized carbons (Fsp3) is 0.455. The van der Waals surface area contributed by atoms with E-state index in [0.29, 0.717) is 4.57 Å². The number of hydrogen-bond acceptors (Lipinski definition) is 11. The van der Waals surface area contributed by atoms with Crippen LogP contribution in [-0.4, -0.2) is 63.8 Å². The number of terminal acetylenes is 1. The molecule has 2 heterocycles. The number of aromatic amines is 1. The summed E-state index contributed by atoms with van der Waals surface area (Å²) >= 11 is 0. The Labute approximate surface area is 171 Å². The van der Waals surface area contributed by atoms with Gasteiger partial charge in [-0.1, -0.05) is 5.92 Å². The van der Waals surface area contributed by atoms with Crippen LogP contribution in [0.1, 0.15) is 6.23 Å². The molecule has 0 aromatic carbocycles. The molecule has 20 heteroatoms. The van der Waals surface area contributed by atoms with Gasteiger partial charge in [0.2, 0.25) is 0 Å². The van der Waals surface area contributed by atoms with Crippen LogP contribution in [0.5, 0.6) is 0 Å². The molecule has 1 aliphatic heterocycles. The lowest BCUT2D eigenvalue weighted by Crippen LogP contribution is -2.48. The van der Waals surface area contributed by atoms with E-state index in [1.165, 1.54) is 0 Å². The zero-order valence-corrected chi connectivity index (χ0v) is 17.5. The molecular formula is C11H15N2O15P3. The Bertz CT molecular complexity index is 1130. The van der Waals surface area contributed by atoms with E-state index in [4.69, 9.17) is 25.8 Å². The van der Waals surface area contributed by atoms with E-state index in [1.807, 2.05) is 4.98 Å². The molecule has 1 aromatic heterocycles. The predicted octanol–water partition coefficient (Wildman–Crippen LogP) is -2.50. The van der Waals surface area contributed by atoms with Crippen molar-refractivity contribution in [2.75, 3.05) is 6.61 Å². The van der Waals surface area contributed by atoms with Crippen LogP contribution in [-0.2, 0) is 31.6 Å². The molecule has 1 aliphatic rings. The van der Waals surface area contributed by atoms with Gasteiger partial charge in [-0.3, -0.25) is 18.9 Å². The molecule has 1 saturated heterocycles. The molecule has 0 aliphatic carbocycles. The summed E-state index contributed by atoms with van der Waals surface area (Å²) in [5.41, 5.74) is -4.49. The number of rotatable bonds is 8. The molecule has 6 atom stereocenters. The molecule has 7 N–H and O–H groups in total. The van der Waals surface area contributed by atoms with Gasteiger partial charge in [-0.25, -0.2) is 18.5 Å². The third-order valence-corrected chi connectivity index (χ3v) is 7.44. The summed E-state index contributed by atoms with van der Waals surface area (Å²) in [5, 5.41) is 20.8. The van der Waals surface area contributed by atoms with E-state index in [2.05, 4.69) is 13.1 Å². The maximum atomic E-state index is 11.9. The Morgan fingerprint density at radius 1 is 1.19 bits per heavy atom. The molecular weight excluding hydrogens is 493 g/mol. The van der Waals surface area contributed by atoms with Gasteiger partial charge in [-0.15, -0.1) is 6.42 Å². The fourth-order valence-corrected chi connectivity index (χ4v) is 5.45. The second kappa shape index (κ2) is 8.81. The van der Waals surface area contributed by atoms with Crippen molar-refractivity contribution in [1.29, 1.82) is 0 Å². The molecule has 174 valence electrons. The summed E-state index contributed by atoms with van der Waals surface area (Å²) in [6.45, 7) is -1.15. The highest BCUT2D eigenvalue weighted by atomic mass is 31.3. The van der Waals surface area contributed by atoms with Gasteiger partial charge < -0.3 is 34.5 Å². The van der Waals surface area contributed by atoms with Gasteiger partial charge in [0.05, 0.1) is 6.61 Å². The summed E-state index contributed by atoms with van der Waals surface area (Å²) in [6.07, 6.45) is 0.460. The average molecular weight is 508 g/mol. The van der Waals surface area contributed by atoms with Crippen LogP contribution in [0.4, 0.5) is 0 Å². The normalized spacial score (nSPS) is 30.3. The third kappa shape index (κ3) is 6.28. The van der Waals surface area contributed by atoms with E-state index in [1.54, 1.807) is 5.92 Å². The minimum absolute atomic E-state index is 0.606. The molecule has 1 aromatic rings. The summed E-state index contributed by atoms with van der Waals surface area (Å²) in [7, 11) is -16.9. The van der Waals surface area contributed by atoms with E-state index in [0.717, 1.165) is 12.3 Å². The first-order valence-electron chi connectivity index (χ1n) is 7.63. The third-order valence-electron chi connectivity index (χ3n) is 3.64. The van der Waals surface area contributed by atoms with Crippen molar-refractivity contribution < 1.29 is 61.4 Å². The molecule has 0 bridgehead atoms. The van der Waals surface area contributed by atoms with Crippen LogP contribution >= 0.6 is 23.5 Å². The summed E-state index contributed by atoms with van der Waals surface area (Å²) in [4.78, 5) is 60.4. The van der Waals surface area contributed by atoms with Gasteiger partial charge in [0.25, 0.3) is 5.56 Å². The van der Waals surface area contributed by atoms with Crippen molar-refractivity contribution in [2.24, 2.45) is 0 Å². The summed E-state index contributed by atoms with van der Waals surface area (Å²) < 4.78 is 50.8. The zero-order chi connectivity index (χ0) is 23.8. The molecule has 2 rings (SSSR count). The van der Waals surface area contributed by atoms with E-state index < -0.39 is 65.4 Å². The molecule has 17 nitrogen and oxygen atoms in total. The smallest absolute Gasteiger partial charge is 0.386 e. The summed E-state index contributed by atoms with van der Waals surface area (Å²) in [5.74, 6) is 1.79. The second-order valence-electron chi connectivity index (χ2n) is 5.85. The van der Waals surface area contributed by atoms with Crippen molar-refractivity contribution in [3.63, 3.8) is 0 Å². The van der Waals surface area contributed by atoms with Gasteiger partial charge in [0, 0.05) is 12.3 Å². The maximum Gasteiger partial charge on any atom is 0.490 e. The number of H-pyrrole nitrogens is 1. The summed E-state index contributed by atoms with van der Waals surface area (Å²) in [6, 6.07) is 0.869. The van der Waals surface area contributed by atoms with Gasteiger partial charge in [-0.2, -0.15) is 8.62 Å². The molecule has 0 radical (unpaired) electrons. The van der Waals surface area contributed by atoms with E-state index in [-0.39, 0.29) is 0 Å². The Morgan fingerprint density at radius 2 is 1.81 bits per heavy atom. The van der Waals surface area contributed by atoms with Crippen molar-refractivity contribution >= 4 is 23.5 Å². The van der Waals surface area contributed by atoms with Crippen LogP contribution in [0.25, 0.3) is 0 Å². The molecule has 2 unspecified atom stereocenters. The average Bonchev–Trinajstić information content (AvgIpc) is 2.82. The van der Waals surface area contributed by atoms with Crippen LogP contribution in [0.2, 0.25) is 0 Å². The van der Waals surface area contributed by atoms with E-state index >= 15 is 0 Å². The van der Waals surface area contributed by atoms with Crippen LogP contribution in [0.15, 0.2) is 21.9 Å². The lowest BCUT2D eigenvalue weighted by molar-refractivity contribution is -0.0761. The first-order chi connectivity index (χ1) is 14.0. The fourth-order valence-electron chi connectivity index (χ4n) is 2.42. The Morgan fingerprint density at radius 3 is 2.32 bits per heavy atom. The highest BCUT2D eigenvalue weighted by molar-refractivity contribution is 7.66. The number of hydrogen-bond donors (Lipinski definition) is 7. The highest BCUT2D eigenvalue weighted by Gasteiger charge is 2.56. The van der Waals surface area contributed by atoms with Crippen LogP contribution in [0, 0.1) is 12.3 Å². The zero-order valence-electron chi connectivity index (χ0n) is 14.8. The van der Waals surface area contributed by atoms with Gasteiger partial charge in [0.1, 0.15) is 12.2 Å². The Kier molecular flexibility index (Phi) is 7.33.